The lowest BCUT2D eigenvalue weighted by molar-refractivity contribution is -0.213. The maximum atomic E-state index is 13.3. The van der Waals surface area contributed by atoms with Crippen LogP contribution in [0.25, 0.3) is 0 Å². The molecule has 2 bridgehead atoms. The second-order valence-electron chi connectivity index (χ2n) is 11.3. The quantitative estimate of drug-likeness (QED) is 0.294. The van der Waals surface area contributed by atoms with Crippen molar-refractivity contribution in [3.63, 3.8) is 0 Å². The molecule has 1 saturated carbocycles. The molecule has 3 N–H and O–H groups in total. The van der Waals surface area contributed by atoms with Crippen molar-refractivity contribution < 1.29 is 48.7 Å². The Morgan fingerprint density at radius 2 is 1.33 bits per heavy atom. The summed E-state index contributed by atoms with van der Waals surface area (Å²) in [5.74, 6) is -12.6. The Balaban J connectivity index is 2.72. The lowest BCUT2D eigenvalue weighted by atomic mass is 9.50. The van der Waals surface area contributed by atoms with Crippen LogP contribution in [0.2, 0.25) is 0 Å². The largest absolute Gasteiger partial charge is 0.511 e. The van der Waals surface area contributed by atoms with Gasteiger partial charge in [-0.2, -0.15) is 0 Å². The van der Waals surface area contributed by atoms with Crippen LogP contribution in [0.15, 0.2) is 11.3 Å². The molecule has 0 heterocycles. The van der Waals surface area contributed by atoms with E-state index >= 15 is 0 Å². The first kappa shape index (κ1) is 29.6. The number of hydrogen-bond donors (Lipinski definition) is 3. The Morgan fingerprint density at radius 1 is 0.861 bits per heavy atom. The van der Waals surface area contributed by atoms with Crippen LogP contribution in [0.1, 0.15) is 54.9 Å². The third-order valence-corrected chi connectivity index (χ3v) is 6.62. The minimum Gasteiger partial charge on any atom is -0.511 e. The molecule has 0 unspecified atom stereocenters. The number of aliphatic hydroxyl groups excluding tert-OH is 1. The minimum atomic E-state index is -2.60. The van der Waals surface area contributed by atoms with Gasteiger partial charge in [0.1, 0.15) is 17.3 Å². The third kappa shape index (κ3) is 5.85. The highest BCUT2D eigenvalue weighted by molar-refractivity contribution is 5.95. The summed E-state index contributed by atoms with van der Waals surface area (Å²) in [6, 6.07) is 0. The van der Waals surface area contributed by atoms with E-state index in [-0.39, 0.29) is 49.6 Å². The number of aliphatic carboxylic acids is 1. The van der Waals surface area contributed by atoms with Gasteiger partial charge in [-0.05, 0) is 30.1 Å². The van der Waals surface area contributed by atoms with Crippen molar-refractivity contribution in [2.45, 2.75) is 60.5 Å². The molecule has 204 valence electrons. The second kappa shape index (κ2) is 11.6. The monoisotopic (exact) mass is 512 g/mol. The summed E-state index contributed by atoms with van der Waals surface area (Å²) >= 11 is 0. The van der Waals surface area contributed by atoms with Crippen LogP contribution in [0.5, 0.6) is 0 Å². The molecule has 0 saturated heterocycles. The van der Waals surface area contributed by atoms with Crippen molar-refractivity contribution in [3.8, 4) is 0 Å². The maximum Gasteiger partial charge on any atom is 0.337 e. The number of rotatable bonds is 10. The lowest BCUT2D eigenvalue weighted by Crippen LogP contribution is -2.68. The summed E-state index contributed by atoms with van der Waals surface area (Å²) in [6.45, 7) is 12.4. The van der Waals surface area contributed by atoms with Crippen molar-refractivity contribution in [3.05, 3.63) is 11.3 Å². The summed E-state index contributed by atoms with van der Waals surface area (Å²) < 4.78 is 16.0. The third-order valence-electron chi connectivity index (χ3n) is 6.62. The van der Waals surface area contributed by atoms with Crippen molar-refractivity contribution in [1.29, 1.82) is 0 Å². The molecule has 0 aliphatic heterocycles. The van der Waals surface area contributed by atoms with Gasteiger partial charge in [0.25, 0.3) is 0 Å². The zero-order valence-electron chi connectivity index (χ0n) is 22.1. The molecule has 0 aromatic rings. The fourth-order valence-electron chi connectivity index (χ4n) is 5.19. The number of ether oxygens (including phenoxy) is 3. The average molecular weight is 513 g/mol. The van der Waals surface area contributed by atoms with Gasteiger partial charge in [-0.3, -0.25) is 14.4 Å². The molecule has 0 aromatic heterocycles. The van der Waals surface area contributed by atoms with Crippen LogP contribution in [0.3, 0.4) is 0 Å². The molecule has 2 aliphatic carbocycles. The summed E-state index contributed by atoms with van der Waals surface area (Å²) in [5.41, 5.74) is -2.97. The lowest BCUT2D eigenvalue weighted by Gasteiger charge is -2.54. The summed E-state index contributed by atoms with van der Waals surface area (Å²) in [4.78, 5) is 52.1. The normalized spacial score (nSPS) is 29.9. The topological polar surface area (TPSA) is 157 Å². The van der Waals surface area contributed by atoms with Crippen LogP contribution >= 0.6 is 0 Å². The maximum absolute atomic E-state index is 13.3. The molecule has 0 radical (unpaired) electrons. The van der Waals surface area contributed by atoms with Crippen molar-refractivity contribution in [2.75, 3.05) is 19.8 Å². The first-order valence-corrected chi connectivity index (χ1v) is 12.5. The summed E-state index contributed by atoms with van der Waals surface area (Å²) in [7, 11) is 0. The van der Waals surface area contributed by atoms with Gasteiger partial charge in [0, 0.05) is 5.92 Å². The molecule has 0 spiro atoms. The molecule has 6 atom stereocenters. The van der Waals surface area contributed by atoms with Gasteiger partial charge in [-0.25, -0.2) is 4.79 Å². The van der Waals surface area contributed by atoms with Crippen LogP contribution in [0.4, 0.5) is 0 Å². The Labute approximate surface area is 212 Å². The van der Waals surface area contributed by atoms with E-state index in [1.54, 1.807) is 20.8 Å². The van der Waals surface area contributed by atoms with Crippen LogP contribution in [-0.2, 0) is 33.4 Å². The molecule has 10 nitrogen and oxygen atoms in total. The smallest absolute Gasteiger partial charge is 0.337 e. The van der Waals surface area contributed by atoms with Gasteiger partial charge in [-0.1, -0.05) is 48.5 Å². The Bertz CT molecular complexity index is 889. The van der Waals surface area contributed by atoms with E-state index in [2.05, 4.69) is 0 Å². The molecular weight excluding hydrogens is 472 g/mol. The molecule has 2 aliphatic rings. The first-order chi connectivity index (χ1) is 16.6. The van der Waals surface area contributed by atoms with E-state index < -0.39 is 64.8 Å². The minimum absolute atomic E-state index is 0.00646. The molecule has 0 aromatic carbocycles. The van der Waals surface area contributed by atoms with Crippen LogP contribution < -0.4 is 0 Å². The van der Waals surface area contributed by atoms with Crippen molar-refractivity contribution in [1.82, 2.24) is 0 Å². The Morgan fingerprint density at radius 3 is 1.81 bits per heavy atom. The fraction of sp³-hybridized carbons (Fsp3) is 0.769. The van der Waals surface area contributed by atoms with E-state index in [1.807, 2.05) is 27.7 Å². The standard InChI is InChI=1S/C26H40O10/c1-12(2)9-34-23(30)17-16-8-15(7)18(24(31)35-10-13(3)4)26(33,19(16)22(28)29)20(21(17)27)25(32)36-11-14(5)6/h12-16,18-20,27,33H,8-11H2,1-7H3,(H,28,29)/t15-,16-,18+,19-,20-,26-/m1/s1. The zero-order valence-corrected chi connectivity index (χ0v) is 22.1. The van der Waals surface area contributed by atoms with Crippen molar-refractivity contribution >= 4 is 23.9 Å². The number of hydrogen-bond acceptors (Lipinski definition) is 9. The molecule has 36 heavy (non-hydrogen) atoms. The summed E-state index contributed by atoms with van der Waals surface area (Å²) in [5, 5.41) is 33.5. The Hall–Kier alpha value is -2.62. The highest BCUT2D eigenvalue weighted by Gasteiger charge is 2.70. The number of carboxylic acid groups (broad SMARTS) is 1. The molecule has 2 rings (SSSR count). The van der Waals surface area contributed by atoms with Crippen LogP contribution in [0, 0.1) is 47.3 Å². The highest BCUT2D eigenvalue weighted by atomic mass is 16.5. The predicted octanol–water partition coefficient (Wildman–Crippen LogP) is 2.73. The number of aliphatic hydroxyl groups is 2. The average Bonchev–Trinajstić information content (AvgIpc) is 2.73. The van der Waals surface area contributed by atoms with Gasteiger partial charge < -0.3 is 29.5 Å². The molecule has 0 amide bonds. The van der Waals surface area contributed by atoms with E-state index in [1.165, 1.54) is 0 Å². The highest BCUT2D eigenvalue weighted by Crippen LogP contribution is 2.57. The number of carbonyl (C=O) groups is 4. The van der Waals surface area contributed by atoms with Gasteiger partial charge in [0.05, 0.1) is 37.2 Å². The van der Waals surface area contributed by atoms with E-state index in [0.717, 1.165) is 0 Å². The van der Waals surface area contributed by atoms with Gasteiger partial charge in [-0.15, -0.1) is 0 Å². The number of esters is 3. The van der Waals surface area contributed by atoms with Crippen molar-refractivity contribution in [2.24, 2.45) is 47.3 Å². The van der Waals surface area contributed by atoms with Gasteiger partial charge in [0.2, 0.25) is 0 Å². The van der Waals surface area contributed by atoms with E-state index in [0.29, 0.717) is 0 Å². The molecule has 10 heteroatoms. The predicted molar refractivity (Wildman–Crippen MR) is 127 cm³/mol. The SMILES string of the molecule is CC(C)COC(=O)C1=C(O)[C@H](C(=O)OCC(C)C)[C@@]2(O)[C@H](C(=O)OCC(C)C)[C@H](C)C[C@H]1[C@@H]2C(=O)O. The number of carboxylic acids is 1. The van der Waals surface area contributed by atoms with E-state index in [4.69, 9.17) is 14.2 Å². The second-order valence-corrected chi connectivity index (χ2v) is 11.3. The van der Waals surface area contributed by atoms with E-state index in [9.17, 15) is 34.5 Å². The Kier molecular flexibility index (Phi) is 9.56. The first-order valence-electron chi connectivity index (χ1n) is 12.5. The summed E-state index contributed by atoms with van der Waals surface area (Å²) in [6.07, 6.45) is -0.0232. The van der Waals surface area contributed by atoms with Gasteiger partial charge in [0.15, 0.2) is 0 Å². The number of carbonyl (C=O) groups excluding carboxylic acids is 3. The van der Waals surface area contributed by atoms with Crippen LogP contribution in [-0.4, -0.2) is 64.6 Å². The van der Waals surface area contributed by atoms with Gasteiger partial charge >= 0.3 is 23.9 Å². The molecular formula is C26H40O10. The molecule has 1 fully saturated rings. The fourth-order valence-corrected chi connectivity index (χ4v) is 5.19. The number of fused-ring (bicyclic) bond motifs is 2. The zero-order chi connectivity index (χ0) is 27.5.